The predicted octanol–water partition coefficient (Wildman–Crippen LogP) is 2.01. The molecule has 23 heavy (non-hydrogen) atoms. The Hall–Kier alpha value is -2.19. The normalized spacial score (nSPS) is 16.1. The molecule has 0 spiro atoms. The van der Waals surface area contributed by atoms with Gasteiger partial charge >= 0.3 is 0 Å². The monoisotopic (exact) mass is 346 g/mol. The fourth-order valence-electron chi connectivity index (χ4n) is 2.16. The molecule has 1 aliphatic heterocycles. The number of hydrogen-bond donors (Lipinski definition) is 2. The van der Waals surface area contributed by atoms with Crippen molar-refractivity contribution in [3.8, 4) is 0 Å². The fraction of sp³-hybridized carbons (Fsp3) is 0.200. The van der Waals surface area contributed by atoms with Crippen LogP contribution >= 0.6 is 24.0 Å². The molecular weight excluding hydrogens is 332 g/mol. The minimum atomic E-state index is -0.293. The van der Waals surface area contributed by atoms with Gasteiger partial charge in [0.15, 0.2) is 0 Å². The maximum atomic E-state index is 12.8. The van der Waals surface area contributed by atoms with Crippen LogP contribution in [0, 0.1) is 0 Å². The number of fused-ring (bicyclic) bond motifs is 1. The average molecular weight is 346 g/mol. The van der Waals surface area contributed by atoms with Gasteiger partial charge < -0.3 is 10.6 Å². The first-order chi connectivity index (χ1) is 11.1. The molecule has 1 amide bonds. The Labute approximate surface area is 142 Å². The summed E-state index contributed by atoms with van der Waals surface area (Å²) in [6.45, 7) is 2.71. The summed E-state index contributed by atoms with van der Waals surface area (Å²) in [5, 5.41) is 5.70. The molecule has 2 aromatic rings. The van der Waals surface area contributed by atoms with Crippen molar-refractivity contribution in [1.29, 1.82) is 0 Å². The van der Waals surface area contributed by atoms with Crippen LogP contribution < -0.4 is 16.2 Å². The summed E-state index contributed by atoms with van der Waals surface area (Å²) < 4.78 is 1.84. The minimum absolute atomic E-state index is 0.229. The van der Waals surface area contributed by atoms with Gasteiger partial charge in [0.1, 0.15) is 15.8 Å². The number of amides is 1. The Balaban J connectivity index is 2.18. The third-order valence-electron chi connectivity index (χ3n) is 3.23. The molecule has 118 valence electrons. The smallest absolute Gasteiger partial charge is 0.267 e. The predicted molar refractivity (Wildman–Crippen MR) is 96.6 cm³/mol. The van der Waals surface area contributed by atoms with Gasteiger partial charge in [0.05, 0.1) is 10.5 Å². The Morgan fingerprint density at radius 1 is 1.43 bits per heavy atom. The summed E-state index contributed by atoms with van der Waals surface area (Å²) in [6.07, 6.45) is 4.10. The highest BCUT2D eigenvalue weighted by atomic mass is 32.2. The van der Waals surface area contributed by atoms with Crippen molar-refractivity contribution >= 4 is 51.7 Å². The van der Waals surface area contributed by atoms with Gasteiger partial charge in [-0.25, -0.2) is 4.98 Å². The van der Waals surface area contributed by atoms with E-state index in [1.807, 2.05) is 13.0 Å². The SMILES string of the molecule is CCCNc1nc2ccccn2c(=O)c1/C=C1\SC(=S)NC1=O. The lowest BCUT2D eigenvalue weighted by Gasteiger charge is -2.10. The lowest BCUT2D eigenvalue weighted by molar-refractivity contribution is -0.115. The number of carbonyl (C=O) groups excluding carboxylic acids is 1. The third kappa shape index (κ3) is 3.13. The van der Waals surface area contributed by atoms with Crippen LogP contribution in [-0.4, -0.2) is 26.2 Å². The highest BCUT2D eigenvalue weighted by Crippen LogP contribution is 2.26. The van der Waals surface area contributed by atoms with E-state index in [4.69, 9.17) is 12.2 Å². The number of thioether (sulfide) groups is 1. The van der Waals surface area contributed by atoms with E-state index in [1.165, 1.54) is 4.40 Å². The van der Waals surface area contributed by atoms with E-state index in [9.17, 15) is 9.59 Å². The zero-order valence-corrected chi connectivity index (χ0v) is 14.0. The van der Waals surface area contributed by atoms with Crippen molar-refractivity contribution in [3.63, 3.8) is 0 Å². The van der Waals surface area contributed by atoms with E-state index in [-0.39, 0.29) is 11.5 Å². The van der Waals surface area contributed by atoms with Gasteiger partial charge in [-0.05, 0) is 24.6 Å². The van der Waals surface area contributed by atoms with Crippen LogP contribution in [0.1, 0.15) is 18.9 Å². The van der Waals surface area contributed by atoms with Gasteiger partial charge in [0.25, 0.3) is 11.5 Å². The van der Waals surface area contributed by atoms with Crippen LogP contribution in [0.5, 0.6) is 0 Å². The highest BCUT2D eigenvalue weighted by Gasteiger charge is 2.23. The summed E-state index contributed by atoms with van der Waals surface area (Å²) in [5.41, 5.74) is 0.676. The molecule has 2 N–H and O–H groups in total. The van der Waals surface area contributed by atoms with Crippen LogP contribution in [0.15, 0.2) is 34.1 Å². The van der Waals surface area contributed by atoms with Gasteiger partial charge in [-0.15, -0.1) is 0 Å². The topological polar surface area (TPSA) is 75.5 Å². The number of nitrogens with one attached hydrogen (secondary N) is 2. The largest absolute Gasteiger partial charge is 0.369 e. The molecule has 0 unspecified atom stereocenters. The van der Waals surface area contributed by atoms with Gasteiger partial charge in [0, 0.05) is 12.7 Å². The maximum absolute atomic E-state index is 12.8. The summed E-state index contributed by atoms with van der Waals surface area (Å²) in [4.78, 5) is 29.5. The molecule has 3 rings (SSSR count). The van der Waals surface area contributed by atoms with Crippen LogP contribution in [-0.2, 0) is 4.79 Å². The number of rotatable bonds is 4. The van der Waals surface area contributed by atoms with Crippen molar-refractivity contribution in [2.24, 2.45) is 0 Å². The minimum Gasteiger partial charge on any atom is -0.369 e. The average Bonchev–Trinajstić information content (AvgIpc) is 2.86. The molecule has 1 fully saturated rings. The second-order valence-electron chi connectivity index (χ2n) is 4.89. The molecule has 3 heterocycles. The van der Waals surface area contributed by atoms with E-state index in [1.54, 1.807) is 24.4 Å². The van der Waals surface area contributed by atoms with E-state index in [2.05, 4.69) is 15.6 Å². The Kier molecular flexibility index (Phi) is 4.44. The Morgan fingerprint density at radius 2 is 2.26 bits per heavy atom. The maximum Gasteiger partial charge on any atom is 0.267 e. The molecule has 0 aliphatic carbocycles. The van der Waals surface area contributed by atoms with E-state index in [0.29, 0.717) is 32.8 Å². The zero-order valence-electron chi connectivity index (χ0n) is 12.3. The molecule has 0 radical (unpaired) electrons. The van der Waals surface area contributed by atoms with Crippen LogP contribution in [0.2, 0.25) is 0 Å². The number of carbonyl (C=O) groups is 1. The molecule has 8 heteroatoms. The molecule has 2 aromatic heterocycles. The summed E-state index contributed by atoms with van der Waals surface area (Å²) in [5.74, 6) is 0.181. The Bertz CT molecular complexity index is 889. The van der Waals surface area contributed by atoms with Crippen LogP contribution in [0.25, 0.3) is 11.7 Å². The zero-order chi connectivity index (χ0) is 16.4. The molecule has 0 atom stereocenters. The van der Waals surface area contributed by atoms with Crippen molar-refractivity contribution < 1.29 is 4.79 Å². The first-order valence-corrected chi connectivity index (χ1v) is 8.32. The lowest BCUT2D eigenvalue weighted by atomic mass is 10.2. The van der Waals surface area contributed by atoms with E-state index in [0.717, 1.165) is 18.2 Å². The van der Waals surface area contributed by atoms with E-state index >= 15 is 0 Å². The molecule has 0 bridgehead atoms. The van der Waals surface area contributed by atoms with Crippen molar-refractivity contribution in [2.45, 2.75) is 13.3 Å². The summed E-state index contributed by atoms with van der Waals surface area (Å²) >= 11 is 6.12. The number of thiocarbonyl (C=S) groups is 1. The van der Waals surface area contributed by atoms with E-state index < -0.39 is 0 Å². The van der Waals surface area contributed by atoms with Crippen molar-refractivity contribution in [2.75, 3.05) is 11.9 Å². The second kappa shape index (κ2) is 6.51. The standard InChI is InChI=1S/C15H14N4O2S2/c1-2-6-16-12-9(8-10-13(20)18-15(22)23-10)14(21)19-7-4-3-5-11(19)17-12/h3-5,7-8,16H,2,6H2,1H3,(H,18,20,22)/b10-8-. The number of nitrogens with zero attached hydrogens (tertiary/aromatic N) is 2. The molecular formula is C15H14N4O2S2. The van der Waals surface area contributed by atoms with Gasteiger partial charge in [-0.3, -0.25) is 14.0 Å². The quantitative estimate of drug-likeness (QED) is 0.651. The first kappa shape index (κ1) is 15.7. The van der Waals surface area contributed by atoms with Crippen LogP contribution in [0.4, 0.5) is 5.82 Å². The summed E-state index contributed by atoms with van der Waals surface area (Å²) in [7, 11) is 0. The summed E-state index contributed by atoms with van der Waals surface area (Å²) in [6, 6.07) is 5.35. The third-order valence-corrected chi connectivity index (χ3v) is 4.39. The molecule has 0 aromatic carbocycles. The van der Waals surface area contributed by atoms with Gasteiger partial charge in [0.2, 0.25) is 0 Å². The second-order valence-corrected chi connectivity index (χ2v) is 6.61. The van der Waals surface area contributed by atoms with Crippen molar-refractivity contribution in [3.05, 3.63) is 45.2 Å². The number of hydrogen-bond acceptors (Lipinski definition) is 6. The number of anilines is 1. The first-order valence-electron chi connectivity index (χ1n) is 7.10. The molecule has 1 aliphatic rings. The molecule has 0 saturated carbocycles. The lowest BCUT2D eigenvalue weighted by Crippen LogP contribution is -2.21. The molecule has 1 saturated heterocycles. The Morgan fingerprint density at radius 3 is 2.96 bits per heavy atom. The number of aromatic nitrogens is 2. The van der Waals surface area contributed by atoms with Crippen LogP contribution in [0.3, 0.4) is 0 Å². The van der Waals surface area contributed by atoms with Crippen molar-refractivity contribution in [1.82, 2.24) is 14.7 Å². The highest BCUT2D eigenvalue weighted by molar-refractivity contribution is 8.26. The van der Waals surface area contributed by atoms with Gasteiger partial charge in [-0.1, -0.05) is 37.0 Å². The van der Waals surface area contributed by atoms with Gasteiger partial charge in [-0.2, -0.15) is 0 Å². The molecule has 6 nitrogen and oxygen atoms in total. The fourth-order valence-corrected chi connectivity index (χ4v) is 3.19. The number of pyridine rings is 1.